The molecule has 1 heterocycles. The fraction of sp³-hybridized carbons (Fsp3) is 0.667. The van der Waals surface area contributed by atoms with Crippen LogP contribution in [0.1, 0.15) is 51.4 Å². The third-order valence-corrected chi connectivity index (χ3v) is 4.62. The second-order valence-electron chi connectivity index (χ2n) is 5.16. The molecule has 0 aromatic carbocycles. The van der Waals surface area contributed by atoms with Crippen molar-refractivity contribution in [2.45, 2.75) is 51.4 Å². The number of Topliss-reactive ketones (excluding diaryl/α,β-unsaturated/α-hetero) is 1. The van der Waals surface area contributed by atoms with Crippen LogP contribution in [-0.2, 0) is 4.79 Å². The lowest BCUT2D eigenvalue weighted by Crippen LogP contribution is -2.25. The lowest BCUT2D eigenvalue weighted by Gasteiger charge is -2.25. The molecule has 94 valence electrons. The molecule has 0 radical (unpaired) electrons. The van der Waals surface area contributed by atoms with Crippen LogP contribution in [-0.4, -0.2) is 5.78 Å². The van der Waals surface area contributed by atoms with E-state index in [4.69, 9.17) is 0 Å². The highest BCUT2D eigenvalue weighted by Gasteiger charge is 2.31. The Morgan fingerprint density at radius 3 is 2.12 bits per heavy atom. The number of thiophene rings is 1. The summed E-state index contributed by atoms with van der Waals surface area (Å²) in [5.41, 5.74) is 0. The van der Waals surface area contributed by atoms with Crippen molar-refractivity contribution < 1.29 is 4.79 Å². The molecule has 0 aliphatic heterocycles. The van der Waals surface area contributed by atoms with Crippen molar-refractivity contribution in [1.82, 2.24) is 0 Å². The first-order chi connectivity index (χ1) is 8.38. The zero-order valence-electron chi connectivity index (χ0n) is 10.4. The molecule has 2 aliphatic rings. The summed E-state index contributed by atoms with van der Waals surface area (Å²) in [6, 6.07) is 4.04. The summed E-state index contributed by atoms with van der Waals surface area (Å²) in [7, 11) is 0. The molecule has 3 rings (SSSR count). The van der Waals surface area contributed by atoms with Gasteiger partial charge in [0.1, 0.15) is 5.78 Å². The van der Waals surface area contributed by atoms with Gasteiger partial charge in [0.25, 0.3) is 0 Å². The number of carbonyl (C=O) groups is 1. The van der Waals surface area contributed by atoms with E-state index in [1.807, 2.05) is 22.9 Å². The average Bonchev–Trinajstić information content (AvgIpc) is 3.06. The first-order valence-electron chi connectivity index (χ1n) is 6.88. The van der Waals surface area contributed by atoms with Gasteiger partial charge in [-0.3, -0.25) is 4.79 Å². The van der Waals surface area contributed by atoms with Crippen molar-refractivity contribution in [3.63, 3.8) is 0 Å². The Hall–Kier alpha value is -0.630. The molecule has 2 fully saturated rings. The maximum absolute atomic E-state index is 11.6. The molecule has 1 aromatic rings. The fourth-order valence-electron chi connectivity index (χ4n) is 3.10. The summed E-state index contributed by atoms with van der Waals surface area (Å²) in [5, 5.41) is 4.08. The Balaban J connectivity index is 0.000000181. The number of carbonyl (C=O) groups excluding carboxylic acids is 1. The van der Waals surface area contributed by atoms with E-state index in [2.05, 4.69) is 0 Å². The molecule has 1 nitrogen and oxygen atoms in total. The maximum atomic E-state index is 11.6. The standard InChI is InChI=1S/C11H18O.C4H4S/c12-11-8-4-3-7-10(11)9-5-1-2-6-9;1-2-4-5-3-1/h9-10H,1-8H2;1-4H. The summed E-state index contributed by atoms with van der Waals surface area (Å²) < 4.78 is 0. The molecule has 2 saturated carbocycles. The van der Waals surface area contributed by atoms with E-state index in [0.717, 1.165) is 18.8 Å². The highest BCUT2D eigenvalue weighted by atomic mass is 32.1. The molecule has 17 heavy (non-hydrogen) atoms. The molecular formula is C15H22OS. The SMILES string of the molecule is O=C1CCCCC1C1CCCC1.c1ccsc1. The van der Waals surface area contributed by atoms with Gasteiger partial charge < -0.3 is 0 Å². The molecule has 0 saturated heterocycles. The smallest absolute Gasteiger partial charge is 0.136 e. The number of hydrogen-bond acceptors (Lipinski definition) is 2. The van der Waals surface area contributed by atoms with E-state index in [-0.39, 0.29) is 0 Å². The molecular weight excluding hydrogens is 228 g/mol. The average molecular weight is 250 g/mol. The first-order valence-corrected chi connectivity index (χ1v) is 7.82. The van der Waals surface area contributed by atoms with Crippen LogP contribution in [0, 0.1) is 11.8 Å². The summed E-state index contributed by atoms with van der Waals surface area (Å²) in [5.74, 6) is 1.83. The lowest BCUT2D eigenvalue weighted by atomic mass is 9.78. The van der Waals surface area contributed by atoms with Crippen molar-refractivity contribution in [2.24, 2.45) is 11.8 Å². The van der Waals surface area contributed by atoms with E-state index < -0.39 is 0 Å². The molecule has 1 atom stereocenters. The van der Waals surface area contributed by atoms with Crippen molar-refractivity contribution in [3.05, 3.63) is 22.9 Å². The second-order valence-corrected chi connectivity index (χ2v) is 5.97. The van der Waals surface area contributed by atoms with Crippen LogP contribution in [0.2, 0.25) is 0 Å². The predicted molar refractivity (Wildman–Crippen MR) is 73.2 cm³/mol. The van der Waals surface area contributed by atoms with Crippen molar-refractivity contribution >= 4 is 17.1 Å². The van der Waals surface area contributed by atoms with Gasteiger partial charge in [-0.15, -0.1) is 0 Å². The van der Waals surface area contributed by atoms with Gasteiger partial charge in [-0.05, 0) is 42.4 Å². The van der Waals surface area contributed by atoms with Gasteiger partial charge in [0.05, 0.1) is 0 Å². The molecule has 1 aromatic heterocycles. The van der Waals surface area contributed by atoms with E-state index in [9.17, 15) is 4.79 Å². The Morgan fingerprint density at radius 2 is 1.59 bits per heavy atom. The molecule has 2 aliphatic carbocycles. The molecule has 1 unspecified atom stereocenters. The number of hydrogen-bond donors (Lipinski definition) is 0. The summed E-state index contributed by atoms with van der Waals surface area (Å²) in [6.07, 6.45) is 9.93. The molecule has 0 amide bonds. The lowest BCUT2D eigenvalue weighted by molar-refractivity contribution is -0.126. The van der Waals surface area contributed by atoms with Crippen molar-refractivity contribution in [3.8, 4) is 0 Å². The Labute approximate surface area is 108 Å². The van der Waals surface area contributed by atoms with Gasteiger partial charge in [0.15, 0.2) is 0 Å². The minimum absolute atomic E-state index is 0.473. The van der Waals surface area contributed by atoms with Gasteiger partial charge in [0, 0.05) is 12.3 Å². The van der Waals surface area contributed by atoms with Crippen LogP contribution < -0.4 is 0 Å². The van der Waals surface area contributed by atoms with Gasteiger partial charge in [-0.1, -0.05) is 31.4 Å². The second kappa shape index (κ2) is 6.95. The largest absolute Gasteiger partial charge is 0.299 e. The van der Waals surface area contributed by atoms with E-state index in [1.165, 1.54) is 38.5 Å². The highest BCUT2D eigenvalue weighted by Crippen LogP contribution is 2.37. The van der Waals surface area contributed by atoms with Gasteiger partial charge in [0.2, 0.25) is 0 Å². The normalized spacial score (nSPS) is 25.4. The Morgan fingerprint density at radius 1 is 0.941 bits per heavy atom. The van der Waals surface area contributed by atoms with Crippen molar-refractivity contribution in [1.29, 1.82) is 0 Å². The van der Waals surface area contributed by atoms with Crippen LogP contribution >= 0.6 is 11.3 Å². The topological polar surface area (TPSA) is 17.1 Å². The monoisotopic (exact) mass is 250 g/mol. The predicted octanol–water partition coefficient (Wildman–Crippen LogP) is 4.68. The number of ketones is 1. The molecule has 0 bridgehead atoms. The summed E-state index contributed by atoms with van der Waals surface area (Å²) in [6.45, 7) is 0. The zero-order valence-corrected chi connectivity index (χ0v) is 11.3. The quantitative estimate of drug-likeness (QED) is 0.707. The van der Waals surface area contributed by atoms with Gasteiger partial charge in [-0.2, -0.15) is 11.3 Å². The molecule has 0 N–H and O–H groups in total. The van der Waals surface area contributed by atoms with E-state index >= 15 is 0 Å². The summed E-state index contributed by atoms with van der Waals surface area (Å²) >= 11 is 1.71. The fourth-order valence-corrected chi connectivity index (χ4v) is 3.55. The minimum atomic E-state index is 0.473. The van der Waals surface area contributed by atoms with Crippen molar-refractivity contribution in [2.75, 3.05) is 0 Å². The maximum Gasteiger partial charge on any atom is 0.136 e. The summed E-state index contributed by atoms with van der Waals surface area (Å²) in [4.78, 5) is 11.6. The third-order valence-electron chi connectivity index (χ3n) is 4.00. The zero-order chi connectivity index (χ0) is 11.9. The number of rotatable bonds is 1. The Kier molecular flexibility index (Phi) is 5.24. The van der Waals surface area contributed by atoms with Crippen LogP contribution in [0.25, 0.3) is 0 Å². The highest BCUT2D eigenvalue weighted by molar-refractivity contribution is 7.07. The van der Waals surface area contributed by atoms with E-state index in [0.29, 0.717) is 11.7 Å². The third kappa shape index (κ3) is 3.95. The van der Waals surface area contributed by atoms with Gasteiger partial charge in [-0.25, -0.2) is 0 Å². The van der Waals surface area contributed by atoms with Crippen LogP contribution in [0.5, 0.6) is 0 Å². The molecule has 2 heteroatoms. The molecule has 0 spiro atoms. The minimum Gasteiger partial charge on any atom is -0.299 e. The van der Waals surface area contributed by atoms with Crippen LogP contribution in [0.3, 0.4) is 0 Å². The van der Waals surface area contributed by atoms with E-state index in [1.54, 1.807) is 11.3 Å². The Bertz CT molecular complexity index is 294. The van der Waals surface area contributed by atoms with Crippen LogP contribution in [0.15, 0.2) is 22.9 Å². The van der Waals surface area contributed by atoms with Crippen LogP contribution in [0.4, 0.5) is 0 Å². The first kappa shape index (κ1) is 12.8. The van der Waals surface area contributed by atoms with Gasteiger partial charge >= 0.3 is 0 Å².